The van der Waals surface area contributed by atoms with E-state index in [0.717, 1.165) is 12.1 Å². The number of hydrogen-bond donors (Lipinski definition) is 1. The molecule has 0 unspecified atom stereocenters. The van der Waals surface area contributed by atoms with Gasteiger partial charge in [0.05, 0.1) is 21.6 Å². The van der Waals surface area contributed by atoms with Gasteiger partial charge in [0.15, 0.2) is 6.61 Å². The smallest absolute Gasteiger partial charge is 0.268 e. The van der Waals surface area contributed by atoms with Gasteiger partial charge in [0, 0.05) is 25.0 Å². The summed E-state index contributed by atoms with van der Waals surface area (Å²) in [6.45, 7) is 0.643. The molecule has 1 aliphatic heterocycles. The van der Waals surface area contributed by atoms with Crippen LogP contribution in [0.25, 0.3) is 11.0 Å². The number of anilines is 1. The van der Waals surface area contributed by atoms with Crippen molar-refractivity contribution in [2.24, 2.45) is 0 Å². The number of nitrogens with zero attached hydrogens (tertiary/aromatic N) is 3. The van der Waals surface area contributed by atoms with Gasteiger partial charge in [-0.1, -0.05) is 0 Å². The lowest BCUT2D eigenvalue weighted by atomic mass is 10.2. The molecular weight excluding hydrogens is 380 g/mol. The molecule has 1 aliphatic rings. The molecule has 0 bridgehead atoms. The number of amides is 1. The summed E-state index contributed by atoms with van der Waals surface area (Å²) in [5.41, 5.74) is 2.54. The number of rotatable bonds is 5. The number of hydrogen-bond acceptors (Lipinski definition) is 6. The van der Waals surface area contributed by atoms with Gasteiger partial charge < -0.3 is 15.0 Å². The van der Waals surface area contributed by atoms with Crippen molar-refractivity contribution >= 4 is 32.7 Å². The van der Waals surface area contributed by atoms with Crippen molar-refractivity contribution in [2.45, 2.75) is 11.3 Å². The molecule has 1 amide bonds. The second-order valence-corrected chi connectivity index (χ2v) is 8.69. The third kappa shape index (κ3) is 3.23. The third-order valence-electron chi connectivity index (χ3n) is 4.57. The average molecular weight is 400 g/mol. The summed E-state index contributed by atoms with van der Waals surface area (Å²) in [5.74, 6) is 0.0687. The minimum Gasteiger partial charge on any atom is -0.482 e. The van der Waals surface area contributed by atoms with Crippen molar-refractivity contribution in [1.29, 1.82) is 0 Å². The van der Waals surface area contributed by atoms with E-state index in [1.807, 2.05) is 19.0 Å². The predicted molar refractivity (Wildman–Crippen MR) is 105 cm³/mol. The maximum absolute atomic E-state index is 13.3. The molecular formula is C19H20N4O4S. The number of aromatic nitrogens is 2. The van der Waals surface area contributed by atoms with Crippen LogP contribution in [0.3, 0.4) is 0 Å². The normalized spacial score (nSPS) is 14.0. The van der Waals surface area contributed by atoms with Crippen LogP contribution in [0.1, 0.15) is 5.56 Å². The van der Waals surface area contributed by atoms with Gasteiger partial charge in [0.2, 0.25) is 0 Å². The lowest BCUT2D eigenvalue weighted by Gasteiger charge is -2.18. The highest BCUT2D eigenvalue weighted by Crippen LogP contribution is 2.32. The third-order valence-corrected chi connectivity index (χ3v) is 6.24. The van der Waals surface area contributed by atoms with E-state index in [9.17, 15) is 13.2 Å². The van der Waals surface area contributed by atoms with E-state index >= 15 is 0 Å². The van der Waals surface area contributed by atoms with E-state index in [4.69, 9.17) is 4.74 Å². The van der Waals surface area contributed by atoms with Crippen LogP contribution in [-0.2, 0) is 21.2 Å². The Morgan fingerprint density at radius 2 is 2.11 bits per heavy atom. The zero-order chi connectivity index (χ0) is 19.9. The summed E-state index contributed by atoms with van der Waals surface area (Å²) in [6, 6.07) is 7.90. The van der Waals surface area contributed by atoms with Gasteiger partial charge in [0.25, 0.3) is 15.9 Å². The first-order valence-corrected chi connectivity index (χ1v) is 10.2. The molecule has 0 aliphatic carbocycles. The lowest BCUT2D eigenvalue weighted by molar-refractivity contribution is -0.118. The Morgan fingerprint density at radius 1 is 1.29 bits per heavy atom. The summed E-state index contributed by atoms with van der Waals surface area (Å²) < 4.78 is 33.3. The summed E-state index contributed by atoms with van der Waals surface area (Å²) >= 11 is 0. The highest BCUT2D eigenvalue weighted by Gasteiger charge is 2.25. The average Bonchev–Trinajstić information content (AvgIpc) is 3.05. The molecule has 9 heteroatoms. The van der Waals surface area contributed by atoms with Gasteiger partial charge >= 0.3 is 0 Å². The maximum atomic E-state index is 13.3. The number of ether oxygens (including phenoxy) is 1. The highest BCUT2D eigenvalue weighted by molar-refractivity contribution is 7.90. The molecule has 1 aromatic carbocycles. The number of benzene rings is 1. The van der Waals surface area contributed by atoms with Gasteiger partial charge in [-0.15, -0.1) is 0 Å². The molecule has 0 fully saturated rings. The summed E-state index contributed by atoms with van der Waals surface area (Å²) in [7, 11) is 0.0751. The van der Waals surface area contributed by atoms with E-state index < -0.39 is 10.0 Å². The van der Waals surface area contributed by atoms with Crippen LogP contribution in [0, 0.1) is 0 Å². The van der Waals surface area contributed by atoms with Crippen molar-refractivity contribution in [3.8, 4) is 5.75 Å². The number of fused-ring (bicyclic) bond motifs is 2. The highest BCUT2D eigenvalue weighted by atomic mass is 32.2. The molecule has 0 radical (unpaired) electrons. The summed E-state index contributed by atoms with van der Waals surface area (Å²) in [6.07, 6.45) is 3.98. The Kier molecular flexibility index (Phi) is 4.56. The second-order valence-electron chi connectivity index (χ2n) is 6.87. The first-order chi connectivity index (χ1) is 13.4. The van der Waals surface area contributed by atoms with E-state index in [-0.39, 0.29) is 17.4 Å². The van der Waals surface area contributed by atoms with E-state index in [0.29, 0.717) is 28.9 Å². The van der Waals surface area contributed by atoms with E-state index in [1.165, 1.54) is 22.2 Å². The van der Waals surface area contributed by atoms with Gasteiger partial charge in [-0.05, 0) is 50.3 Å². The molecule has 4 rings (SSSR count). The number of likely N-dealkylation sites (N-methyl/N-ethyl adjacent to an activating group) is 1. The zero-order valence-corrected chi connectivity index (χ0v) is 16.4. The first-order valence-electron chi connectivity index (χ1n) is 8.78. The van der Waals surface area contributed by atoms with Crippen LogP contribution in [0.15, 0.2) is 47.6 Å². The van der Waals surface area contributed by atoms with E-state index in [1.54, 1.807) is 24.5 Å². The summed E-state index contributed by atoms with van der Waals surface area (Å²) in [5, 5.41) is 2.66. The largest absolute Gasteiger partial charge is 0.482 e. The summed E-state index contributed by atoms with van der Waals surface area (Å²) in [4.78, 5) is 17.9. The maximum Gasteiger partial charge on any atom is 0.268 e. The van der Waals surface area contributed by atoms with Crippen molar-refractivity contribution in [3.05, 3.63) is 48.3 Å². The number of pyridine rings is 1. The first kappa shape index (κ1) is 18.5. The van der Waals surface area contributed by atoms with Gasteiger partial charge in [0.1, 0.15) is 5.75 Å². The van der Waals surface area contributed by atoms with Gasteiger partial charge in [-0.3, -0.25) is 9.78 Å². The van der Waals surface area contributed by atoms with Crippen molar-refractivity contribution < 1.29 is 17.9 Å². The molecule has 3 aromatic rings. The molecule has 8 nitrogen and oxygen atoms in total. The van der Waals surface area contributed by atoms with Crippen LogP contribution < -0.4 is 10.1 Å². The van der Waals surface area contributed by atoms with Crippen LogP contribution in [0.4, 0.5) is 5.69 Å². The fourth-order valence-corrected chi connectivity index (χ4v) is 4.54. The quantitative estimate of drug-likeness (QED) is 0.701. The monoisotopic (exact) mass is 400 g/mol. The molecule has 0 atom stereocenters. The molecule has 28 heavy (non-hydrogen) atoms. The molecule has 146 valence electrons. The predicted octanol–water partition coefficient (Wildman–Crippen LogP) is 1.71. The Morgan fingerprint density at radius 3 is 2.89 bits per heavy atom. The Labute approximate surface area is 162 Å². The topological polar surface area (TPSA) is 93.5 Å². The minimum absolute atomic E-state index is 0.0855. The van der Waals surface area contributed by atoms with E-state index in [2.05, 4.69) is 10.3 Å². The van der Waals surface area contributed by atoms with Crippen LogP contribution >= 0.6 is 0 Å². The van der Waals surface area contributed by atoms with Crippen molar-refractivity contribution in [3.63, 3.8) is 0 Å². The van der Waals surface area contributed by atoms with Crippen LogP contribution in [-0.4, -0.2) is 55.4 Å². The zero-order valence-electron chi connectivity index (χ0n) is 15.5. The second kappa shape index (κ2) is 6.92. The number of carbonyl (C=O) groups excluding carboxylic acids is 1. The molecule has 0 saturated carbocycles. The van der Waals surface area contributed by atoms with Crippen LogP contribution in [0.5, 0.6) is 5.75 Å². The Hall–Kier alpha value is -2.91. The molecule has 0 saturated heterocycles. The molecule has 0 spiro atoms. The SMILES string of the molecule is CN(C)CCc1cn(S(=O)(=O)c2ccc3c(c2)OCC(=O)N3)c2cccnc12. The fourth-order valence-electron chi connectivity index (χ4n) is 3.15. The standard InChI is InChI=1S/C19H20N4O4S/c1-22(2)9-7-13-11-23(16-4-3-8-20-19(13)16)28(25,26)14-5-6-15-17(10-14)27-12-18(24)21-15/h3-6,8,10-11H,7,9,12H2,1-2H3,(H,21,24). The Balaban J connectivity index is 1.80. The minimum atomic E-state index is -3.86. The van der Waals surface area contributed by atoms with Crippen molar-refractivity contribution in [1.82, 2.24) is 13.9 Å². The number of carbonyl (C=O) groups is 1. The molecule has 2 aromatic heterocycles. The molecule has 3 heterocycles. The Bertz CT molecular complexity index is 1170. The van der Waals surface area contributed by atoms with Crippen molar-refractivity contribution in [2.75, 3.05) is 32.6 Å². The molecule has 1 N–H and O–H groups in total. The number of nitrogens with one attached hydrogen (secondary N) is 1. The van der Waals surface area contributed by atoms with Gasteiger partial charge in [-0.2, -0.15) is 0 Å². The van der Waals surface area contributed by atoms with Gasteiger partial charge in [-0.25, -0.2) is 12.4 Å². The fraction of sp³-hybridized carbons (Fsp3) is 0.263. The lowest BCUT2D eigenvalue weighted by Crippen LogP contribution is -2.25. The van der Waals surface area contributed by atoms with Crippen LogP contribution in [0.2, 0.25) is 0 Å².